The zero-order chi connectivity index (χ0) is 24.5. The van der Waals surface area contributed by atoms with E-state index in [0.29, 0.717) is 16.7 Å². The lowest BCUT2D eigenvalue weighted by Crippen LogP contribution is -2.51. The van der Waals surface area contributed by atoms with E-state index < -0.39 is 41.9 Å². The molecule has 11 nitrogen and oxygen atoms in total. The molecule has 0 spiro atoms. The van der Waals surface area contributed by atoms with Crippen LogP contribution in [0.1, 0.15) is 37.4 Å². The van der Waals surface area contributed by atoms with E-state index in [0.717, 1.165) is 0 Å². The first kappa shape index (κ1) is 23.6. The summed E-state index contributed by atoms with van der Waals surface area (Å²) >= 11 is 6.11. The summed E-state index contributed by atoms with van der Waals surface area (Å²) in [6.07, 6.45) is -0.486. The molecule has 1 aliphatic rings. The van der Waals surface area contributed by atoms with Gasteiger partial charge in [0.1, 0.15) is 24.6 Å². The number of carbonyl (C=O) groups excluding carboxylic acids is 3. The lowest BCUT2D eigenvalue weighted by atomic mass is 9.94. The highest BCUT2D eigenvalue weighted by Crippen LogP contribution is 2.43. The van der Waals surface area contributed by atoms with Crippen LogP contribution in [-0.4, -0.2) is 61.8 Å². The molecule has 1 aromatic carbocycles. The molecule has 4 atom stereocenters. The van der Waals surface area contributed by atoms with E-state index in [4.69, 9.17) is 30.5 Å². The maximum absolute atomic E-state index is 12.5. The van der Waals surface area contributed by atoms with Crippen molar-refractivity contribution in [3.8, 4) is 0 Å². The second-order valence-electron chi connectivity index (χ2n) is 7.78. The lowest BCUT2D eigenvalue weighted by Gasteiger charge is -2.33. The van der Waals surface area contributed by atoms with Crippen molar-refractivity contribution in [3.05, 3.63) is 53.7 Å². The van der Waals surface area contributed by atoms with Gasteiger partial charge in [-0.1, -0.05) is 29.8 Å². The Hall–Kier alpha value is -3.57. The van der Waals surface area contributed by atoms with E-state index in [9.17, 15) is 14.4 Å². The molecule has 3 aromatic rings. The average Bonchev–Trinajstić information content (AvgIpc) is 3.32. The summed E-state index contributed by atoms with van der Waals surface area (Å²) in [5.41, 5.74) is -0.543. The molecule has 178 valence electrons. The van der Waals surface area contributed by atoms with Crippen LogP contribution in [0.25, 0.3) is 11.2 Å². The van der Waals surface area contributed by atoms with Crippen LogP contribution in [-0.2, 0) is 28.5 Å². The normalized spacial score (nSPS) is 24.1. The molecule has 0 radical (unpaired) electrons. The summed E-state index contributed by atoms with van der Waals surface area (Å²) in [6, 6.07) is 8.39. The fourth-order valence-electron chi connectivity index (χ4n) is 3.86. The van der Waals surface area contributed by atoms with E-state index in [2.05, 4.69) is 15.0 Å². The van der Waals surface area contributed by atoms with Gasteiger partial charge in [-0.3, -0.25) is 14.2 Å². The number of hydrogen-bond donors (Lipinski definition) is 0. The summed E-state index contributed by atoms with van der Waals surface area (Å²) in [6.45, 7) is 3.70. The van der Waals surface area contributed by atoms with E-state index in [1.165, 1.54) is 31.1 Å². The molecule has 3 heterocycles. The summed E-state index contributed by atoms with van der Waals surface area (Å²) in [4.78, 5) is 48.8. The van der Waals surface area contributed by atoms with Crippen molar-refractivity contribution in [2.75, 3.05) is 6.61 Å². The molecule has 1 saturated heterocycles. The largest absolute Gasteiger partial charge is 0.459 e. The Kier molecular flexibility index (Phi) is 6.49. The SMILES string of the molecule is CC(=O)O[C@H]1[C@H](n2cnc3c(Cl)ncnc32)O[C@H](COC(=O)c2ccccc2)[C@@]1(C)OC(C)=O. The molecule has 0 bridgehead atoms. The van der Waals surface area contributed by atoms with Gasteiger partial charge in [-0.2, -0.15) is 0 Å². The minimum atomic E-state index is -1.51. The fourth-order valence-corrected chi connectivity index (χ4v) is 4.04. The third kappa shape index (κ3) is 4.44. The van der Waals surface area contributed by atoms with Gasteiger partial charge in [-0.25, -0.2) is 19.7 Å². The minimum Gasteiger partial charge on any atom is -0.459 e. The molecular weight excluding hydrogens is 468 g/mol. The topological polar surface area (TPSA) is 132 Å². The van der Waals surface area contributed by atoms with Crippen molar-refractivity contribution in [1.29, 1.82) is 0 Å². The molecule has 0 N–H and O–H groups in total. The molecule has 2 aromatic heterocycles. The fraction of sp³-hybridized carbons (Fsp3) is 0.364. The maximum atomic E-state index is 12.5. The monoisotopic (exact) mass is 488 g/mol. The number of carbonyl (C=O) groups is 3. The zero-order valence-electron chi connectivity index (χ0n) is 18.5. The van der Waals surface area contributed by atoms with Crippen molar-refractivity contribution in [2.24, 2.45) is 0 Å². The van der Waals surface area contributed by atoms with Gasteiger partial charge < -0.3 is 18.9 Å². The van der Waals surface area contributed by atoms with Crippen molar-refractivity contribution in [1.82, 2.24) is 19.5 Å². The number of esters is 3. The van der Waals surface area contributed by atoms with Gasteiger partial charge in [0.25, 0.3) is 0 Å². The molecule has 4 rings (SSSR count). The number of hydrogen-bond acceptors (Lipinski definition) is 10. The molecular formula is C22H21ClN4O7. The number of aromatic nitrogens is 4. The Morgan fingerprint density at radius 1 is 1.12 bits per heavy atom. The zero-order valence-corrected chi connectivity index (χ0v) is 19.3. The number of halogens is 1. The highest BCUT2D eigenvalue weighted by molar-refractivity contribution is 6.33. The predicted molar refractivity (Wildman–Crippen MR) is 117 cm³/mol. The van der Waals surface area contributed by atoms with Crippen LogP contribution in [0.5, 0.6) is 0 Å². The third-order valence-electron chi connectivity index (χ3n) is 5.39. The summed E-state index contributed by atoms with van der Waals surface area (Å²) in [5, 5.41) is 0.127. The minimum absolute atomic E-state index is 0.127. The van der Waals surface area contributed by atoms with Gasteiger partial charge in [0, 0.05) is 13.8 Å². The Balaban J connectivity index is 1.70. The number of imidazole rings is 1. The molecule has 12 heteroatoms. The van der Waals surface area contributed by atoms with Crippen LogP contribution in [0.3, 0.4) is 0 Å². The Morgan fingerprint density at radius 3 is 2.53 bits per heavy atom. The van der Waals surface area contributed by atoms with Crippen LogP contribution in [0.4, 0.5) is 0 Å². The van der Waals surface area contributed by atoms with E-state index in [1.807, 2.05) is 0 Å². The number of benzene rings is 1. The molecule has 0 amide bonds. The molecule has 1 fully saturated rings. The van der Waals surface area contributed by atoms with Gasteiger partial charge in [0.05, 0.1) is 11.9 Å². The molecule has 0 unspecified atom stereocenters. The maximum Gasteiger partial charge on any atom is 0.338 e. The second-order valence-corrected chi connectivity index (χ2v) is 8.13. The summed E-state index contributed by atoms with van der Waals surface area (Å²) in [5.74, 6) is -1.85. The second kappa shape index (κ2) is 9.35. The van der Waals surface area contributed by atoms with E-state index >= 15 is 0 Å². The Bertz CT molecular complexity index is 1230. The van der Waals surface area contributed by atoms with E-state index in [1.54, 1.807) is 37.3 Å². The predicted octanol–water partition coefficient (Wildman–Crippen LogP) is 2.49. The Morgan fingerprint density at radius 2 is 1.85 bits per heavy atom. The molecule has 0 saturated carbocycles. The van der Waals surface area contributed by atoms with Crippen molar-refractivity contribution < 1.29 is 33.3 Å². The van der Waals surface area contributed by atoms with Gasteiger partial charge in [0.15, 0.2) is 28.7 Å². The highest BCUT2D eigenvalue weighted by Gasteiger charge is 2.60. The van der Waals surface area contributed by atoms with Gasteiger partial charge in [-0.05, 0) is 19.1 Å². The molecule has 1 aliphatic heterocycles. The van der Waals surface area contributed by atoms with Crippen LogP contribution in [0.15, 0.2) is 43.0 Å². The average molecular weight is 489 g/mol. The van der Waals surface area contributed by atoms with Crippen LogP contribution in [0.2, 0.25) is 5.15 Å². The first-order valence-electron chi connectivity index (χ1n) is 10.3. The van der Waals surface area contributed by atoms with Crippen LogP contribution >= 0.6 is 11.6 Å². The van der Waals surface area contributed by atoms with Crippen LogP contribution < -0.4 is 0 Å². The van der Waals surface area contributed by atoms with Gasteiger partial charge >= 0.3 is 17.9 Å². The third-order valence-corrected chi connectivity index (χ3v) is 5.66. The summed E-state index contributed by atoms with van der Waals surface area (Å²) < 4.78 is 24.3. The number of fused-ring (bicyclic) bond motifs is 1. The van der Waals surface area contributed by atoms with Crippen molar-refractivity contribution in [3.63, 3.8) is 0 Å². The quantitative estimate of drug-likeness (QED) is 0.289. The van der Waals surface area contributed by atoms with Gasteiger partial charge in [-0.15, -0.1) is 0 Å². The molecule has 0 aliphatic carbocycles. The molecule has 34 heavy (non-hydrogen) atoms. The lowest BCUT2D eigenvalue weighted by molar-refractivity contribution is -0.182. The van der Waals surface area contributed by atoms with Crippen molar-refractivity contribution >= 4 is 40.7 Å². The first-order chi connectivity index (χ1) is 16.2. The van der Waals surface area contributed by atoms with E-state index in [-0.39, 0.29) is 11.8 Å². The van der Waals surface area contributed by atoms with Gasteiger partial charge in [0.2, 0.25) is 0 Å². The number of ether oxygens (including phenoxy) is 4. The number of rotatable bonds is 6. The standard InChI is InChI=1S/C22H21ClN4O7/c1-12(28)32-17-20(27-11-26-16-18(23)24-10-25-19(16)27)33-15(22(17,3)34-13(2)29)9-31-21(30)14-7-5-4-6-8-14/h4-8,10-11,15,17,20H,9H2,1-3H3/t15-,17+,20-,22-/m1/s1. The summed E-state index contributed by atoms with van der Waals surface area (Å²) in [7, 11) is 0. The van der Waals surface area contributed by atoms with Crippen LogP contribution in [0, 0.1) is 0 Å². The first-order valence-corrected chi connectivity index (χ1v) is 10.7. The highest BCUT2D eigenvalue weighted by atomic mass is 35.5. The number of nitrogens with zero attached hydrogens (tertiary/aromatic N) is 4. The Labute approximate surface area is 198 Å². The smallest absolute Gasteiger partial charge is 0.338 e. The van der Waals surface area contributed by atoms with Crippen molar-refractivity contribution in [2.45, 2.75) is 44.8 Å².